The van der Waals surface area contributed by atoms with Crippen LogP contribution in [0.2, 0.25) is 0 Å². The average molecular weight is 247 g/mol. The van der Waals surface area contributed by atoms with Crippen molar-refractivity contribution in [2.24, 2.45) is 5.92 Å². The lowest BCUT2D eigenvalue weighted by Gasteiger charge is -2.32. The summed E-state index contributed by atoms with van der Waals surface area (Å²) in [5, 5.41) is 3.73. The fourth-order valence-corrected chi connectivity index (χ4v) is 3.09. The normalized spacial score (nSPS) is 23.6. The van der Waals surface area contributed by atoms with Crippen molar-refractivity contribution in [2.45, 2.75) is 45.6 Å². The van der Waals surface area contributed by atoms with Gasteiger partial charge in [-0.25, -0.2) is 0 Å². The third-order valence-corrected chi connectivity index (χ3v) is 3.70. The van der Waals surface area contributed by atoms with E-state index in [4.69, 9.17) is 4.74 Å². The van der Waals surface area contributed by atoms with E-state index in [1.165, 1.54) is 24.8 Å². The van der Waals surface area contributed by atoms with Crippen molar-refractivity contribution in [2.75, 3.05) is 13.2 Å². The largest absolute Gasteiger partial charge is 0.494 e. The van der Waals surface area contributed by atoms with E-state index in [2.05, 4.69) is 37.4 Å². The number of benzene rings is 1. The molecule has 1 aliphatic heterocycles. The summed E-state index contributed by atoms with van der Waals surface area (Å²) in [4.78, 5) is 0. The molecule has 1 saturated heterocycles. The molecule has 0 spiro atoms. The molecule has 1 heterocycles. The van der Waals surface area contributed by atoms with E-state index in [1.54, 1.807) is 0 Å². The fraction of sp³-hybridized carbons (Fsp3) is 0.625. The molecule has 0 amide bonds. The van der Waals surface area contributed by atoms with Crippen LogP contribution in [-0.4, -0.2) is 13.2 Å². The van der Waals surface area contributed by atoms with Crippen molar-refractivity contribution in [1.29, 1.82) is 0 Å². The van der Waals surface area contributed by atoms with Crippen molar-refractivity contribution in [3.8, 4) is 5.75 Å². The topological polar surface area (TPSA) is 21.3 Å². The Morgan fingerprint density at radius 1 is 1.39 bits per heavy atom. The molecule has 1 aromatic rings. The van der Waals surface area contributed by atoms with E-state index >= 15 is 0 Å². The molecule has 1 N–H and O–H groups in total. The summed E-state index contributed by atoms with van der Waals surface area (Å²) in [5.41, 5.74) is 1.56. The molecule has 0 bridgehead atoms. The van der Waals surface area contributed by atoms with Gasteiger partial charge in [0.1, 0.15) is 5.75 Å². The monoisotopic (exact) mass is 247 g/mol. The van der Waals surface area contributed by atoms with Crippen LogP contribution in [0, 0.1) is 5.92 Å². The first-order chi connectivity index (χ1) is 8.66. The van der Waals surface area contributed by atoms with Crippen LogP contribution in [0.5, 0.6) is 5.75 Å². The molecular weight excluding hydrogens is 222 g/mol. The molecule has 1 aromatic carbocycles. The summed E-state index contributed by atoms with van der Waals surface area (Å²) in [6.45, 7) is 8.49. The van der Waals surface area contributed by atoms with Gasteiger partial charge in [0.25, 0.3) is 0 Å². The zero-order valence-corrected chi connectivity index (χ0v) is 11.8. The van der Waals surface area contributed by atoms with Crippen LogP contribution in [0.25, 0.3) is 0 Å². The van der Waals surface area contributed by atoms with Gasteiger partial charge in [-0.05, 0) is 56.3 Å². The molecule has 0 radical (unpaired) electrons. The minimum Gasteiger partial charge on any atom is -0.494 e. The molecule has 0 aromatic heterocycles. The first kappa shape index (κ1) is 13.4. The van der Waals surface area contributed by atoms with Crippen LogP contribution in [0.1, 0.15) is 45.6 Å². The minimum atomic E-state index is 0.168. The Bertz CT molecular complexity index is 380. The van der Waals surface area contributed by atoms with Crippen molar-refractivity contribution < 1.29 is 4.74 Å². The molecule has 1 atom stereocenters. The number of ether oxygens (including phenoxy) is 1. The number of hydrogen-bond acceptors (Lipinski definition) is 2. The summed E-state index contributed by atoms with van der Waals surface area (Å²) < 4.78 is 5.63. The lowest BCUT2D eigenvalue weighted by molar-refractivity contribution is 0.305. The smallest absolute Gasteiger partial charge is 0.119 e. The predicted octanol–water partition coefficient (Wildman–Crippen LogP) is 3.71. The quantitative estimate of drug-likeness (QED) is 0.856. The van der Waals surface area contributed by atoms with Gasteiger partial charge >= 0.3 is 0 Å². The van der Waals surface area contributed by atoms with E-state index in [9.17, 15) is 0 Å². The van der Waals surface area contributed by atoms with Crippen LogP contribution >= 0.6 is 0 Å². The third kappa shape index (κ3) is 2.86. The highest BCUT2D eigenvalue weighted by Gasteiger charge is 2.35. The Balaban J connectivity index is 2.27. The van der Waals surface area contributed by atoms with Crippen molar-refractivity contribution in [3.05, 3.63) is 29.8 Å². The van der Waals surface area contributed by atoms with E-state index in [-0.39, 0.29) is 5.54 Å². The Kier molecular flexibility index (Phi) is 4.28. The van der Waals surface area contributed by atoms with Gasteiger partial charge in [0.2, 0.25) is 0 Å². The molecule has 1 unspecified atom stereocenters. The summed E-state index contributed by atoms with van der Waals surface area (Å²) >= 11 is 0. The van der Waals surface area contributed by atoms with Gasteiger partial charge < -0.3 is 10.1 Å². The minimum absolute atomic E-state index is 0.168. The SMILES string of the molecule is CCOc1cccc(C2(CC(C)C)CCCN2)c1. The maximum absolute atomic E-state index is 5.63. The molecule has 0 saturated carbocycles. The number of nitrogens with one attached hydrogen (secondary N) is 1. The van der Waals surface area contributed by atoms with Crippen LogP contribution in [0.3, 0.4) is 0 Å². The highest BCUT2D eigenvalue weighted by molar-refractivity contribution is 5.34. The maximum atomic E-state index is 5.63. The van der Waals surface area contributed by atoms with Crippen molar-refractivity contribution in [3.63, 3.8) is 0 Å². The lowest BCUT2D eigenvalue weighted by Crippen LogP contribution is -2.38. The van der Waals surface area contributed by atoms with Gasteiger partial charge in [-0.2, -0.15) is 0 Å². The highest BCUT2D eigenvalue weighted by Crippen LogP contribution is 2.37. The van der Waals surface area contributed by atoms with Crippen LogP contribution in [-0.2, 0) is 5.54 Å². The second kappa shape index (κ2) is 5.75. The molecule has 1 fully saturated rings. The van der Waals surface area contributed by atoms with Gasteiger partial charge in [0.05, 0.1) is 6.61 Å². The number of rotatable bonds is 5. The average Bonchev–Trinajstić information content (AvgIpc) is 2.79. The molecule has 2 nitrogen and oxygen atoms in total. The Morgan fingerprint density at radius 2 is 2.22 bits per heavy atom. The number of hydrogen-bond donors (Lipinski definition) is 1. The van der Waals surface area contributed by atoms with Crippen LogP contribution in [0.15, 0.2) is 24.3 Å². The summed E-state index contributed by atoms with van der Waals surface area (Å²) in [6.07, 6.45) is 3.70. The molecule has 1 aliphatic rings. The molecule has 100 valence electrons. The third-order valence-electron chi connectivity index (χ3n) is 3.70. The fourth-order valence-electron chi connectivity index (χ4n) is 3.09. The summed E-state index contributed by atoms with van der Waals surface area (Å²) in [7, 11) is 0. The summed E-state index contributed by atoms with van der Waals surface area (Å²) in [5.74, 6) is 1.69. The molecule has 2 rings (SSSR count). The van der Waals surface area contributed by atoms with E-state index < -0.39 is 0 Å². The van der Waals surface area contributed by atoms with Gasteiger partial charge in [-0.3, -0.25) is 0 Å². The maximum Gasteiger partial charge on any atom is 0.119 e. The first-order valence-electron chi connectivity index (χ1n) is 7.14. The van der Waals surface area contributed by atoms with Crippen LogP contribution < -0.4 is 10.1 Å². The van der Waals surface area contributed by atoms with E-state index in [0.29, 0.717) is 5.92 Å². The second-order valence-corrected chi connectivity index (χ2v) is 5.67. The zero-order chi connectivity index (χ0) is 13.0. The second-order valence-electron chi connectivity index (χ2n) is 5.67. The highest BCUT2D eigenvalue weighted by atomic mass is 16.5. The predicted molar refractivity (Wildman–Crippen MR) is 76.0 cm³/mol. The molecule has 0 aliphatic carbocycles. The van der Waals surface area contributed by atoms with E-state index in [1.807, 2.05) is 13.0 Å². The Labute approximate surface area is 111 Å². The molecule has 2 heteroatoms. The van der Waals surface area contributed by atoms with Gasteiger partial charge in [0, 0.05) is 5.54 Å². The molecule has 18 heavy (non-hydrogen) atoms. The first-order valence-corrected chi connectivity index (χ1v) is 7.14. The standard InChI is InChI=1S/C16H25NO/c1-4-18-15-8-5-7-14(11-15)16(12-13(2)3)9-6-10-17-16/h5,7-8,11,13,17H,4,6,9-10,12H2,1-3H3. The Morgan fingerprint density at radius 3 is 2.83 bits per heavy atom. The molecular formula is C16H25NO. The van der Waals surface area contributed by atoms with Gasteiger partial charge in [-0.1, -0.05) is 26.0 Å². The van der Waals surface area contributed by atoms with Gasteiger partial charge in [-0.15, -0.1) is 0 Å². The zero-order valence-electron chi connectivity index (χ0n) is 11.8. The van der Waals surface area contributed by atoms with Gasteiger partial charge in [0.15, 0.2) is 0 Å². The lowest BCUT2D eigenvalue weighted by atomic mass is 9.81. The van der Waals surface area contributed by atoms with Crippen LogP contribution in [0.4, 0.5) is 0 Å². The Hall–Kier alpha value is -1.02. The van der Waals surface area contributed by atoms with E-state index in [0.717, 1.165) is 18.9 Å². The summed E-state index contributed by atoms with van der Waals surface area (Å²) in [6, 6.07) is 8.61. The van der Waals surface area contributed by atoms with Crippen molar-refractivity contribution in [1.82, 2.24) is 5.32 Å². The van der Waals surface area contributed by atoms with Crippen molar-refractivity contribution >= 4 is 0 Å².